The highest BCUT2D eigenvalue weighted by Crippen LogP contribution is 2.40. The first-order valence-electron chi connectivity index (χ1n) is 7.18. The van der Waals surface area contributed by atoms with Crippen molar-refractivity contribution >= 4 is 0 Å². The van der Waals surface area contributed by atoms with Crippen molar-refractivity contribution < 1.29 is 14.2 Å². The normalized spacial score (nSPS) is 20.7. The van der Waals surface area contributed by atoms with Crippen LogP contribution in [0.2, 0.25) is 0 Å². The van der Waals surface area contributed by atoms with Crippen molar-refractivity contribution in [3.8, 4) is 11.5 Å². The fourth-order valence-electron chi connectivity index (χ4n) is 2.91. The lowest BCUT2D eigenvalue weighted by molar-refractivity contribution is 0.00706. The van der Waals surface area contributed by atoms with Crippen LogP contribution in [0.3, 0.4) is 0 Å². The molecule has 1 aliphatic rings. The molecular weight excluding hydrogens is 264 g/mol. The van der Waals surface area contributed by atoms with E-state index in [1.165, 1.54) is 5.56 Å². The molecule has 0 aromatic heterocycles. The summed E-state index contributed by atoms with van der Waals surface area (Å²) in [4.78, 5) is 0. The predicted octanol–water partition coefficient (Wildman–Crippen LogP) is 3.75. The summed E-state index contributed by atoms with van der Waals surface area (Å²) in [5.74, 6) is 1.52. The van der Waals surface area contributed by atoms with E-state index in [4.69, 9.17) is 14.2 Å². The lowest BCUT2D eigenvalue weighted by Gasteiger charge is -2.31. The molecule has 1 aliphatic heterocycles. The number of rotatable bonds is 3. The van der Waals surface area contributed by atoms with Crippen LogP contribution < -0.4 is 9.47 Å². The molecule has 0 saturated heterocycles. The van der Waals surface area contributed by atoms with E-state index < -0.39 is 0 Å². The lowest BCUT2D eigenvalue weighted by Crippen LogP contribution is -2.24. The number of fused-ring (bicyclic) bond motifs is 1. The maximum atomic E-state index is 6.18. The van der Waals surface area contributed by atoms with E-state index in [-0.39, 0.29) is 12.2 Å². The van der Waals surface area contributed by atoms with Gasteiger partial charge in [-0.15, -0.1) is 0 Å². The zero-order valence-electron chi connectivity index (χ0n) is 12.6. The number of hydrogen-bond acceptors (Lipinski definition) is 3. The van der Waals surface area contributed by atoms with Gasteiger partial charge in [-0.1, -0.05) is 30.3 Å². The van der Waals surface area contributed by atoms with Gasteiger partial charge in [-0.25, -0.2) is 0 Å². The summed E-state index contributed by atoms with van der Waals surface area (Å²) in [7, 11) is 3.33. The fraction of sp³-hybridized carbons (Fsp3) is 0.333. The van der Waals surface area contributed by atoms with E-state index in [0.29, 0.717) is 0 Å². The Balaban J connectivity index is 2.11. The SMILES string of the molecule is COc1cc2c(cc1OC)C(c1ccccc1)OC(C)C2. The molecular formula is C18H20O3. The Morgan fingerprint density at radius 2 is 1.67 bits per heavy atom. The molecule has 1 heterocycles. The number of ether oxygens (including phenoxy) is 3. The summed E-state index contributed by atoms with van der Waals surface area (Å²) in [6.07, 6.45) is 1.02. The van der Waals surface area contributed by atoms with Gasteiger partial charge in [-0.05, 0) is 42.2 Å². The minimum Gasteiger partial charge on any atom is -0.493 e. The predicted molar refractivity (Wildman–Crippen MR) is 82.1 cm³/mol. The molecule has 0 N–H and O–H groups in total. The summed E-state index contributed by atoms with van der Waals surface area (Å²) in [5.41, 5.74) is 3.59. The van der Waals surface area contributed by atoms with Crippen LogP contribution in [-0.4, -0.2) is 20.3 Å². The third kappa shape index (κ3) is 2.61. The summed E-state index contributed by atoms with van der Waals surface area (Å²) in [5, 5.41) is 0. The number of methoxy groups -OCH3 is 2. The Labute approximate surface area is 125 Å². The smallest absolute Gasteiger partial charge is 0.161 e. The largest absolute Gasteiger partial charge is 0.493 e. The van der Waals surface area contributed by atoms with Crippen molar-refractivity contribution in [3.63, 3.8) is 0 Å². The molecule has 2 atom stereocenters. The van der Waals surface area contributed by atoms with Gasteiger partial charge >= 0.3 is 0 Å². The standard InChI is InChI=1S/C18H20O3/c1-12-9-14-10-16(19-2)17(20-3)11-15(14)18(21-12)13-7-5-4-6-8-13/h4-8,10-12,18H,9H2,1-3H3. The van der Waals surface area contributed by atoms with Gasteiger partial charge in [0.25, 0.3) is 0 Å². The van der Waals surface area contributed by atoms with Crippen LogP contribution >= 0.6 is 0 Å². The van der Waals surface area contributed by atoms with Crippen molar-refractivity contribution in [1.29, 1.82) is 0 Å². The van der Waals surface area contributed by atoms with Gasteiger partial charge in [-0.3, -0.25) is 0 Å². The Hall–Kier alpha value is -2.00. The van der Waals surface area contributed by atoms with Gasteiger partial charge in [-0.2, -0.15) is 0 Å². The monoisotopic (exact) mass is 284 g/mol. The maximum Gasteiger partial charge on any atom is 0.161 e. The zero-order valence-corrected chi connectivity index (χ0v) is 12.6. The molecule has 3 heteroatoms. The van der Waals surface area contributed by atoms with Crippen LogP contribution in [0.1, 0.15) is 29.7 Å². The molecule has 2 aromatic rings. The Morgan fingerprint density at radius 1 is 1.00 bits per heavy atom. The van der Waals surface area contributed by atoms with Gasteiger partial charge in [0.15, 0.2) is 11.5 Å². The summed E-state index contributed by atoms with van der Waals surface area (Å²) in [6.45, 7) is 2.11. The summed E-state index contributed by atoms with van der Waals surface area (Å²) >= 11 is 0. The fourth-order valence-corrected chi connectivity index (χ4v) is 2.91. The molecule has 0 bridgehead atoms. The zero-order chi connectivity index (χ0) is 14.8. The van der Waals surface area contributed by atoms with E-state index in [9.17, 15) is 0 Å². The summed E-state index contributed by atoms with van der Waals surface area (Å²) < 4.78 is 17.0. The first kappa shape index (κ1) is 14.0. The number of benzene rings is 2. The van der Waals surface area contributed by atoms with Gasteiger partial charge < -0.3 is 14.2 Å². The van der Waals surface area contributed by atoms with E-state index >= 15 is 0 Å². The quantitative estimate of drug-likeness (QED) is 0.859. The molecule has 0 radical (unpaired) electrons. The van der Waals surface area contributed by atoms with E-state index in [0.717, 1.165) is 29.0 Å². The lowest BCUT2D eigenvalue weighted by atomic mass is 9.90. The highest BCUT2D eigenvalue weighted by Gasteiger charge is 2.28. The molecule has 0 saturated carbocycles. The molecule has 110 valence electrons. The highest BCUT2D eigenvalue weighted by molar-refractivity contribution is 5.51. The molecule has 0 amide bonds. The first-order valence-corrected chi connectivity index (χ1v) is 7.18. The maximum absolute atomic E-state index is 6.18. The highest BCUT2D eigenvalue weighted by atomic mass is 16.5. The van der Waals surface area contributed by atoms with E-state index in [2.05, 4.69) is 25.1 Å². The topological polar surface area (TPSA) is 27.7 Å². The van der Waals surface area contributed by atoms with E-state index in [1.54, 1.807) is 14.2 Å². The third-order valence-electron chi connectivity index (χ3n) is 3.91. The van der Waals surface area contributed by atoms with Gasteiger partial charge in [0.1, 0.15) is 6.10 Å². The average Bonchev–Trinajstić information content (AvgIpc) is 2.53. The molecule has 3 rings (SSSR count). The van der Waals surface area contributed by atoms with Crippen LogP contribution in [0, 0.1) is 0 Å². The Morgan fingerprint density at radius 3 is 2.33 bits per heavy atom. The molecule has 0 aliphatic carbocycles. The minimum absolute atomic E-state index is 0.0512. The molecule has 3 nitrogen and oxygen atoms in total. The second kappa shape index (κ2) is 5.78. The van der Waals surface area contributed by atoms with Crippen LogP contribution in [0.15, 0.2) is 42.5 Å². The van der Waals surface area contributed by atoms with Crippen LogP contribution in [0.5, 0.6) is 11.5 Å². The van der Waals surface area contributed by atoms with Gasteiger partial charge in [0.05, 0.1) is 20.3 Å². The molecule has 0 fully saturated rings. The van der Waals surface area contributed by atoms with Crippen molar-refractivity contribution in [1.82, 2.24) is 0 Å². The van der Waals surface area contributed by atoms with Crippen molar-refractivity contribution in [2.75, 3.05) is 14.2 Å². The second-order valence-corrected chi connectivity index (χ2v) is 5.35. The van der Waals surface area contributed by atoms with E-state index in [1.807, 2.05) is 24.3 Å². The molecule has 2 unspecified atom stereocenters. The molecule has 0 spiro atoms. The Bertz CT molecular complexity index is 622. The summed E-state index contributed by atoms with van der Waals surface area (Å²) in [6, 6.07) is 14.4. The van der Waals surface area contributed by atoms with Crippen molar-refractivity contribution in [3.05, 3.63) is 59.2 Å². The minimum atomic E-state index is -0.0512. The first-order chi connectivity index (χ1) is 10.2. The van der Waals surface area contributed by atoms with Crippen LogP contribution in [-0.2, 0) is 11.2 Å². The average molecular weight is 284 g/mol. The molecule has 2 aromatic carbocycles. The second-order valence-electron chi connectivity index (χ2n) is 5.35. The number of hydrogen-bond donors (Lipinski definition) is 0. The third-order valence-corrected chi connectivity index (χ3v) is 3.91. The van der Waals surface area contributed by atoms with Gasteiger partial charge in [0.2, 0.25) is 0 Å². The van der Waals surface area contributed by atoms with Crippen molar-refractivity contribution in [2.45, 2.75) is 25.6 Å². The van der Waals surface area contributed by atoms with Crippen molar-refractivity contribution in [2.24, 2.45) is 0 Å². The Kier molecular flexibility index (Phi) is 3.84. The van der Waals surface area contributed by atoms with Crippen LogP contribution in [0.25, 0.3) is 0 Å². The van der Waals surface area contributed by atoms with Crippen LogP contribution in [0.4, 0.5) is 0 Å². The molecule has 21 heavy (non-hydrogen) atoms. The van der Waals surface area contributed by atoms with Gasteiger partial charge in [0, 0.05) is 0 Å².